The lowest BCUT2D eigenvalue weighted by Gasteiger charge is -2.17. The SMILES string of the molecule is CCOC(=O)C1CC1(C(=O)OCC)c1ccc(C(F)(F)F)cc1. The van der Waals surface area contributed by atoms with Gasteiger partial charge in [-0.25, -0.2) is 0 Å². The van der Waals surface area contributed by atoms with Gasteiger partial charge in [0.1, 0.15) is 5.41 Å². The van der Waals surface area contributed by atoms with Crippen molar-refractivity contribution >= 4 is 11.9 Å². The molecule has 0 saturated heterocycles. The second-order valence-electron chi connectivity index (χ2n) is 5.28. The van der Waals surface area contributed by atoms with E-state index in [0.29, 0.717) is 5.56 Å². The molecule has 4 nitrogen and oxygen atoms in total. The Kier molecular flexibility index (Phi) is 4.68. The first-order chi connectivity index (χ1) is 10.8. The molecule has 2 atom stereocenters. The maximum atomic E-state index is 12.7. The van der Waals surface area contributed by atoms with Gasteiger partial charge < -0.3 is 9.47 Å². The highest BCUT2D eigenvalue weighted by Crippen LogP contribution is 2.56. The number of rotatable bonds is 5. The van der Waals surface area contributed by atoms with E-state index < -0.39 is 35.0 Å². The fourth-order valence-corrected chi connectivity index (χ4v) is 2.67. The summed E-state index contributed by atoms with van der Waals surface area (Å²) in [7, 11) is 0. The van der Waals surface area contributed by atoms with Crippen molar-refractivity contribution in [3.63, 3.8) is 0 Å². The Hall–Kier alpha value is -2.05. The lowest BCUT2D eigenvalue weighted by molar-refractivity contribution is -0.152. The smallest absolute Gasteiger partial charge is 0.416 e. The molecule has 1 fully saturated rings. The Balaban J connectivity index is 2.33. The van der Waals surface area contributed by atoms with E-state index in [4.69, 9.17) is 9.47 Å². The minimum atomic E-state index is -4.46. The Morgan fingerprint density at radius 3 is 2.17 bits per heavy atom. The molecule has 0 aliphatic heterocycles. The number of hydrogen-bond donors (Lipinski definition) is 0. The van der Waals surface area contributed by atoms with Gasteiger partial charge in [0.15, 0.2) is 0 Å². The van der Waals surface area contributed by atoms with Crippen molar-refractivity contribution in [1.29, 1.82) is 0 Å². The molecular formula is C16H17F3O4. The number of alkyl halides is 3. The van der Waals surface area contributed by atoms with E-state index in [1.807, 2.05) is 0 Å². The average Bonchev–Trinajstić information content (AvgIpc) is 3.24. The van der Waals surface area contributed by atoms with Crippen LogP contribution in [0.15, 0.2) is 24.3 Å². The molecule has 0 aromatic heterocycles. The molecule has 0 heterocycles. The summed E-state index contributed by atoms with van der Waals surface area (Å²) in [6.45, 7) is 3.56. The molecular weight excluding hydrogens is 313 g/mol. The number of carbonyl (C=O) groups is 2. The van der Waals surface area contributed by atoms with E-state index in [1.165, 1.54) is 12.1 Å². The minimum Gasteiger partial charge on any atom is -0.466 e. The third-order valence-electron chi connectivity index (χ3n) is 3.90. The summed E-state index contributed by atoms with van der Waals surface area (Å²) >= 11 is 0. The summed E-state index contributed by atoms with van der Waals surface area (Å²) in [5.74, 6) is -1.88. The van der Waals surface area contributed by atoms with E-state index >= 15 is 0 Å². The van der Waals surface area contributed by atoms with E-state index in [-0.39, 0.29) is 19.6 Å². The van der Waals surface area contributed by atoms with Crippen LogP contribution in [0.1, 0.15) is 31.4 Å². The number of benzene rings is 1. The van der Waals surface area contributed by atoms with E-state index in [0.717, 1.165) is 12.1 Å². The van der Waals surface area contributed by atoms with E-state index in [1.54, 1.807) is 13.8 Å². The van der Waals surface area contributed by atoms with Crippen LogP contribution < -0.4 is 0 Å². The highest BCUT2D eigenvalue weighted by molar-refractivity contribution is 5.96. The Morgan fingerprint density at radius 1 is 1.13 bits per heavy atom. The van der Waals surface area contributed by atoms with Crippen molar-refractivity contribution < 1.29 is 32.2 Å². The van der Waals surface area contributed by atoms with Crippen LogP contribution in [0.2, 0.25) is 0 Å². The van der Waals surface area contributed by atoms with Crippen molar-refractivity contribution in [3.05, 3.63) is 35.4 Å². The second kappa shape index (κ2) is 6.22. The molecule has 23 heavy (non-hydrogen) atoms. The maximum Gasteiger partial charge on any atom is 0.416 e. The molecule has 1 aromatic carbocycles. The van der Waals surface area contributed by atoms with Crippen molar-refractivity contribution in [1.82, 2.24) is 0 Å². The van der Waals surface area contributed by atoms with Gasteiger partial charge >= 0.3 is 18.1 Å². The lowest BCUT2D eigenvalue weighted by Crippen LogP contribution is -2.28. The van der Waals surface area contributed by atoms with Gasteiger partial charge in [0.25, 0.3) is 0 Å². The lowest BCUT2D eigenvalue weighted by atomic mass is 9.92. The normalized spacial score (nSPS) is 23.3. The zero-order chi connectivity index (χ0) is 17.3. The quantitative estimate of drug-likeness (QED) is 0.779. The Bertz CT molecular complexity index is 594. The molecule has 2 rings (SSSR count). The monoisotopic (exact) mass is 330 g/mol. The van der Waals surface area contributed by atoms with Crippen LogP contribution in [0.5, 0.6) is 0 Å². The third-order valence-corrected chi connectivity index (χ3v) is 3.90. The van der Waals surface area contributed by atoms with Crippen LogP contribution >= 0.6 is 0 Å². The molecule has 0 spiro atoms. The number of esters is 2. The van der Waals surface area contributed by atoms with Crippen LogP contribution in [-0.4, -0.2) is 25.2 Å². The van der Waals surface area contributed by atoms with E-state index in [2.05, 4.69) is 0 Å². The maximum absolute atomic E-state index is 12.7. The topological polar surface area (TPSA) is 52.6 Å². The van der Waals surface area contributed by atoms with Crippen LogP contribution in [0.25, 0.3) is 0 Å². The number of halogens is 3. The Labute approximate surface area is 131 Å². The van der Waals surface area contributed by atoms with E-state index in [9.17, 15) is 22.8 Å². The van der Waals surface area contributed by atoms with Gasteiger partial charge in [0, 0.05) is 0 Å². The molecule has 7 heteroatoms. The summed E-state index contributed by atoms with van der Waals surface area (Å²) in [6.07, 6.45) is -4.28. The summed E-state index contributed by atoms with van der Waals surface area (Å²) < 4.78 is 47.9. The van der Waals surface area contributed by atoms with Gasteiger partial charge in [-0.3, -0.25) is 9.59 Å². The van der Waals surface area contributed by atoms with Gasteiger partial charge in [-0.1, -0.05) is 12.1 Å². The standard InChI is InChI=1S/C16H17F3O4/c1-3-22-13(20)12-9-15(12,14(21)23-4-2)10-5-7-11(8-6-10)16(17,18)19/h5-8,12H,3-4,9H2,1-2H3. The van der Waals surface area contributed by atoms with Crippen molar-refractivity contribution in [2.24, 2.45) is 5.92 Å². The fourth-order valence-electron chi connectivity index (χ4n) is 2.67. The molecule has 1 aliphatic carbocycles. The van der Waals surface area contributed by atoms with Crippen molar-refractivity contribution in [3.8, 4) is 0 Å². The largest absolute Gasteiger partial charge is 0.466 e. The molecule has 0 bridgehead atoms. The van der Waals surface area contributed by atoms with Gasteiger partial charge in [-0.2, -0.15) is 13.2 Å². The van der Waals surface area contributed by atoms with Gasteiger partial charge in [-0.15, -0.1) is 0 Å². The molecule has 2 unspecified atom stereocenters. The minimum absolute atomic E-state index is 0.122. The highest BCUT2D eigenvalue weighted by atomic mass is 19.4. The predicted molar refractivity (Wildman–Crippen MR) is 74.5 cm³/mol. The predicted octanol–water partition coefficient (Wildman–Crippen LogP) is 3.09. The molecule has 126 valence electrons. The molecule has 1 aliphatic rings. The first-order valence-corrected chi connectivity index (χ1v) is 7.29. The molecule has 1 saturated carbocycles. The zero-order valence-corrected chi connectivity index (χ0v) is 12.8. The first kappa shape index (κ1) is 17.3. The van der Waals surface area contributed by atoms with Crippen LogP contribution in [0.4, 0.5) is 13.2 Å². The van der Waals surface area contributed by atoms with Crippen LogP contribution in [0, 0.1) is 5.92 Å². The Morgan fingerprint density at radius 2 is 1.70 bits per heavy atom. The van der Waals surface area contributed by atoms with Gasteiger partial charge in [0.05, 0.1) is 24.7 Å². The summed E-state index contributed by atoms with van der Waals surface area (Å²) in [5.41, 5.74) is -1.72. The third kappa shape index (κ3) is 3.18. The molecule has 0 amide bonds. The molecule has 1 aromatic rings. The van der Waals surface area contributed by atoms with Crippen molar-refractivity contribution in [2.45, 2.75) is 31.9 Å². The second-order valence-corrected chi connectivity index (χ2v) is 5.28. The number of carbonyl (C=O) groups excluding carboxylic acids is 2. The number of ether oxygens (including phenoxy) is 2. The molecule has 0 radical (unpaired) electrons. The zero-order valence-electron chi connectivity index (χ0n) is 12.8. The van der Waals surface area contributed by atoms with Gasteiger partial charge in [-0.05, 0) is 38.0 Å². The average molecular weight is 330 g/mol. The number of hydrogen-bond acceptors (Lipinski definition) is 4. The summed E-state index contributed by atoms with van der Waals surface area (Å²) in [4.78, 5) is 24.2. The van der Waals surface area contributed by atoms with Gasteiger partial charge in [0.2, 0.25) is 0 Å². The summed E-state index contributed by atoms with van der Waals surface area (Å²) in [5, 5.41) is 0. The molecule has 0 N–H and O–H groups in total. The van der Waals surface area contributed by atoms with Crippen molar-refractivity contribution in [2.75, 3.05) is 13.2 Å². The summed E-state index contributed by atoms with van der Waals surface area (Å²) in [6, 6.07) is 4.24. The fraction of sp³-hybridized carbons (Fsp3) is 0.500. The van der Waals surface area contributed by atoms with Crippen LogP contribution in [-0.2, 0) is 30.7 Å². The first-order valence-electron chi connectivity index (χ1n) is 7.29. The highest BCUT2D eigenvalue weighted by Gasteiger charge is 2.66. The van der Waals surface area contributed by atoms with Crippen LogP contribution in [0.3, 0.4) is 0 Å².